The molecule has 0 saturated heterocycles. The molecule has 0 aliphatic carbocycles. The van der Waals surface area contributed by atoms with Gasteiger partial charge in [0.05, 0.1) is 5.54 Å². The second-order valence-corrected chi connectivity index (χ2v) is 5.99. The SMILES string of the molecule is CC(C)(C)[NH2+]C[C@@](C)(O)c1ccc(Cl)cc1. The fraction of sp³-hybridized carbons (Fsp3) is 0.538. The molecular weight excluding hydrogens is 222 g/mol. The third-order valence-corrected chi connectivity index (χ3v) is 2.83. The standard InChI is InChI=1S/C13H20ClNO/c1-12(2,3)15-9-13(4,16)10-5-7-11(14)8-6-10/h5-8,15-16H,9H2,1-4H3/p+1/t13-/m1/s1. The summed E-state index contributed by atoms with van der Waals surface area (Å²) in [6.45, 7) is 8.86. The predicted molar refractivity (Wildman–Crippen MR) is 67.6 cm³/mol. The fourth-order valence-electron chi connectivity index (χ4n) is 1.43. The van der Waals surface area contributed by atoms with E-state index in [4.69, 9.17) is 11.6 Å². The number of halogens is 1. The van der Waals surface area contributed by atoms with E-state index in [9.17, 15) is 5.11 Å². The summed E-state index contributed by atoms with van der Waals surface area (Å²) in [5.74, 6) is 0. The largest absolute Gasteiger partial charge is 0.380 e. The molecule has 0 radical (unpaired) electrons. The number of hydrogen-bond donors (Lipinski definition) is 2. The van der Waals surface area contributed by atoms with Gasteiger partial charge in [-0.1, -0.05) is 23.7 Å². The highest BCUT2D eigenvalue weighted by Gasteiger charge is 2.27. The Morgan fingerprint density at radius 3 is 2.06 bits per heavy atom. The Hall–Kier alpha value is -0.570. The highest BCUT2D eigenvalue weighted by Crippen LogP contribution is 2.20. The Kier molecular flexibility index (Phi) is 4.00. The van der Waals surface area contributed by atoms with Crippen molar-refractivity contribution in [2.24, 2.45) is 0 Å². The molecule has 0 amide bonds. The van der Waals surface area contributed by atoms with Crippen LogP contribution in [-0.4, -0.2) is 17.2 Å². The van der Waals surface area contributed by atoms with Crippen molar-refractivity contribution in [3.8, 4) is 0 Å². The van der Waals surface area contributed by atoms with Crippen LogP contribution in [0.5, 0.6) is 0 Å². The van der Waals surface area contributed by atoms with E-state index in [-0.39, 0.29) is 5.54 Å². The number of benzene rings is 1. The summed E-state index contributed by atoms with van der Waals surface area (Å²) in [7, 11) is 0. The van der Waals surface area contributed by atoms with Gasteiger partial charge in [0.1, 0.15) is 12.1 Å². The summed E-state index contributed by atoms with van der Waals surface area (Å²) in [6.07, 6.45) is 0. The van der Waals surface area contributed by atoms with Crippen LogP contribution < -0.4 is 5.32 Å². The number of rotatable bonds is 3. The Bertz CT molecular complexity index is 338. The molecule has 1 aromatic rings. The highest BCUT2D eigenvalue weighted by molar-refractivity contribution is 6.30. The minimum absolute atomic E-state index is 0.121. The average Bonchev–Trinajstić information content (AvgIpc) is 2.15. The second-order valence-electron chi connectivity index (χ2n) is 5.56. The number of aliphatic hydroxyl groups is 1. The van der Waals surface area contributed by atoms with Crippen LogP contribution in [0.4, 0.5) is 0 Å². The second kappa shape index (κ2) is 4.74. The predicted octanol–water partition coefficient (Wildman–Crippen LogP) is 1.91. The van der Waals surface area contributed by atoms with Gasteiger partial charge in [0.25, 0.3) is 0 Å². The summed E-state index contributed by atoms with van der Waals surface area (Å²) in [6, 6.07) is 7.36. The zero-order valence-electron chi connectivity index (χ0n) is 10.4. The van der Waals surface area contributed by atoms with E-state index >= 15 is 0 Å². The molecule has 0 spiro atoms. The molecule has 0 heterocycles. The molecule has 0 aliphatic heterocycles. The molecule has 16 heavy (non-hydrogen) atoms. The molecule has 1 atom stereocenters. The molecule has 1 aromatic carbocycles. The van der Waals surface area contributed by atoms with Crippen LogP contribution in [0, 0.1) is 0 Å². The van der Waals surface area contributed by atoms with Crippen LogP contribution in [0.2, 0.25) is 5.02 Å². The summed E-state index contributed by atoms with van der Waals surface area (Å²) >= 11 is 5.82. The Labute approximate surface area is 103 Å². The minimum Gasteiger partial charge on any atom is -0.380 e. The summed E-state index contributed by atoms with van der Waals surface area (Å²) in [4.78, 5) is 0. The number of quaternary nitrogens is 1. The average molecular weight is 243 g/mol. The van der Waals surface area contributed by atoms with Crippen molar-refractivity contribution in [2.75, 3.05) is 6.54 Å². The minimum atomic E-state index is -0.822. The van der Waals surface area contributed by atoms with Crippen molar-refractivity contribution >= 4 is 11.6 Å². The molecule has 1 rings (SSSR count). The van der Waals surface area contributed by atoms with E-state index in [1.807, 2.05) is 31.2 Å². The fourth-order valence-corrected chi connectivity index (χ4v) is 1.56. The van der Waals surface area contributed by atoms with Crippen LogP contribution >= 0.6 is 11.6 Å². The van der Waals surface area contributed by atoms with Gasteiger partial charge in [-0.3, -0.25) is 0 Å². The van der Waals surface area contributed by atoms with Crippen molar-refractivity contribution < 1.29 is 10.4 Å². The van der Waals surface area contributed by atoms with Crippen LogP contribution in [0.25, 0.3) is 0 Å². The lowest BCUT2D eigenvalue weighted by Crippen LogP contribution is -2.96. The third kappa shape index (κ3) is 4.12. The van der Waals surface area contributed by atoms with Crippen molar-refractivity contribution in [3.63, 3.8) is 0 Å². The zero-order chi connectivity index (χ0) is 12.4. The first-order chi connectivity index (χ1) is 7.21. The van der Waals surface area contributed by atoms with Gasteiger partial charge in [-0.05, 0) is 45.4 Å². The lowest BCUT2D eigenvalue weighted by atomic mass is 9.95. The van der Waals surface area contributed by atoms with Gasteiger partial charge in [-0.15, -0.1) is 0 Å². The molecular formula is C13H21ClNO+. The molecule has 0 fully saturated rings. The first-order valence-electron chi connectivity index (χ1n) is 5.53. The molecule has 0 saturated carbocycles. The molecule has 0 aromatic heterocycles. The highest BCUT2D eigenvalue weighted by atomic mass is 35.5. The quantitative estimate of drug-likeness (QED) is 0.835. The molecule has 0 aliphatic rings. The monoisotopic (exact) mass is 242 g/mol. The van der Waals surface area contributed by atoms with Gasteiger partial charge in [0, 0.05) is 5.02 Å². The van der Waals surface area contributed by atoms with Crippen molar-refractivity contribution in [1.29, 1.82) is 0 Å². The Morgan fingerprint density at radius 2 is 1.62 bits per heavy atom. The van der Waals surface area contributed by atoms with Gasteiger partial charge < -0.3 is 10.4 Å². The lowest BCUT2D eigenvalue weighted by molar-refractivity contribution is -0.727. The normalized spacial score (nSPS) is 15.9. The van der Waals surface area contributed by atoms with Gasteiger partial charge >= 0.3 is 0 Å². The maximum Gasteiger partial charge on any atom is 0.135 e. The van der Waals surface area contributed by atoms with Crippen molar-refractivity contribution in [1.82, 2.24) is 0 Å². The topological polar surface area (TPSA) is 36.8 Å². The van der Waals surface area contributed by atoms with Crippen LogP contribution in [0.15, 0.2) is 24.3 Å². The molecule has 90 valence electrons. The van der Waals surface area contributed by atoms with Crippen LogP contribution in [0.3, 0.4) is 0 Å². The first-order valence-corrected chi connectivity index (χ1v) is 5.91. The van der Waals surface area contributed by atoms with Gasteiger partial charge in [-0.25, -0.2) is 0 Å². The van der Waals surface area contributed by atoms with E-state index < -0.39 is 5.60 Å². The van der Waals surface area contributed by atoms with Gasteiger partial charge in [0.2, 0.25) is 0 Å². The number of nitrogens with two attached hydrogens (primary N) is 1. The molecule has 0 bridgehead atoms. The van der Waals surface area contributed by atoms with Crippen LogP contribution in [-0.2, 0) is 5.60 Å². The third-order valence-electron chi connectivity index (χ3n) is 2.58. The van der Waals surface area contributed by atoms with E-state index in [1.165, 1.54) is 0 Å². The maximum absolute atomic E-state index is 10.4. The molecule has 2 nitrogen and oxygen atoms in total. The van der Waals surface area contributed by atoms with E-state index in [1.54, 1.807) is 0 Å². The van der Waals surface area contributed by atoms with E-state index in [2.05, 4.69) is 26.1 Å². The zero-order valence-corrected chi connectivity index (χ0v) is 11.2. The summed E-state index contributed by atoms with van der Waals surface area (Å²) in [5, 5.41) is 13.2. The van der Waals surface area contributed by atoms with Crippen LogP contribution in [0.1, 0.15) is 33.3 Å². The Morgan fingerprint density at radius 1 is 1.12 bits per heavy atom. The number of hydrogen-bond acceptors (Lipinski definition) is 1. The van der Waals surface area contributed by atoms with E-state index in [0.29, 0.717) is 11.6 Å². The first kappa shape index (κ1) is 13.5. The van der Waals surface area contributed by atoms with Crippen molar-refractivity contribution in [3.05, 3.63) is 34.9 Å². The van der Waals surface area contributed by atoms with Gasteiger partial charge in [0.15, 0.2) is 0 Å². The summed E-state index contributed by atoms with van der Waals surface area (Å²) < 4.78 is 0. The maximum atomic E-state index is 10.4. The Balaban J connectivity index is 2.73. The molecule has 0 unspecified atom stereocenters. The smallest absolute Gasteiger partial charge is 0.135 e. The molecule has 3 heteroatoms. The van der Waals surface area contributed by atoms with E-state index in [0.717, 1.165) is 5.56 Å². The van der Waals surface area contributed by atoms with Crippen molar-refractivity contribution in [2.45, 2.75) is 38.8 Å². The molecule has 3 N–H and O–H groups in total. The lowest BCUT2D eigenvalue weighted by Gasteiger charge is -2.26. The summed E-state index contributed by atoms with van der Waals surface area (Å²) in [5.41, 5.74) is 0.200. The van der Waals surface area contributed by atoms with Gasteiger partial charge in [-0.2, -0.15) is 0 Å².